The summed E-state index contributed by atoms with van der Waals surface area (Å²) in [5.41, 5.74) is 0. The van der Waals surface area contributed by atoms with Crippen molar-refractivity contribution in [1.82, 2.24) is 0 Å². The van der Waals surface area contributed by atoms with Crippen LogP contribution in [0.15, 0.2) is 0 Å². The summed E-state index contributed by atoms with van der Waals surface area (Å²) in [6, 6.07) is 0. The van der Waals surface area contributed by atoms with Crippen LogP contribution in [0.3, 0.4) is 0 Å². The molecule has 3 heterocycles. The van der Waals surface area contributed by atoms with Crippen LogP contribution in [0.4, 0.5) is 0 Å². The van der Waals surface area contributed by atoms with E-state index in [-0.39, 0.29) is 0 Å². The van der Waals surface area contributed by atoms with Gasteiger partial charge in [0.15, 0.2) is 0 Å². The molecule has 0 saturated carbocycles. The third kappa shape index (κ3) is 0.411. The molecular formula is C2H4P2Sb. The predicted octanol–water partition coefficient (Wildman–Crippen LogP) is 0.642. The molecule has 0 unspecified atom stereocenters. The molecule has 1 radical (unpaired) electrons. The summed E-state index contributed by atoms with van der Waals surface area (Å²) in [5, 5.41) is 0. The summed E-state index contributed by atoms with van der Waals surface area (Å²) in [4.78, 5) is 0. The summed E-state index contributed by atoms with van der Waals surface area (Å²) in [5.74, 6) is 0. The van der Waals surface area contributed by atoms with Crippen LogP contribution in [-0.2, 0) is 0 Å². The number of hydrogen-bond donors (Lipinski definition) is 0. The van der Waals surface area contributed by atoms with E-state index in [1.54, 1.807) is 0 Å². The van der Waals surface area contributed by atoms with Crippen molar-refractivity contribution in [3.05, 3.63) is 0 Å². The molecule has 3 heteroatoms. The van der Waals surface area contributed by atoms with Gasteiger partial charge in [0.05, 0.1) is 0 Å². The zero-order valence-electron chi connectivity index (χ0n) is 2.60. The Morgan fingerprint density at radius 2 is 1.40 bits per heavy atom. The van der Waals surface area contributed by atoms with Gasteiger partial charge in [-0.05, 0) is 0 Å². The Kier molecular flexibility index (Phi) is 0.796. The molecule has 2 bridgehead atoms. The van der Waals surface area contributed by atoms with Gasteiger partial charge in [-0.25, -0.2) is 0 Å². The van der Waals surface area contributed by atoms with E-state index in [2.05, 4.69) is 0 Å². The van der Waals surface area contributed by atoms with Gasteiger partial charge < -0.3 is 0 Å². The molecule has 3 aliphatic heterocycles. The van der Waals surface area contributed by atoms with Crippen molar-refractivity contribution in [1.29, 1.82) is 0 Å². The number of hydrogen-bond acceptors (Lipinski definition) is 0. The van der Waals surface area contributed by atoms with Gasteiger partial charge in [-0.3, -0.25) is 0 Å². The Bertz CT molecular complexity index is 44.4. The standard InChI is InChI=1S/C2H4P2.Sb/c1-3-2-4-1;/h1-4H;. The van der Waals surface area contributed by atoms with E-state index in [4.69, 9.17) is 0 Å². The van der Waals surface area contributed by atoms with Gasteiger partial charge in [0.1, 0.15) is 0 Å². The van der Waals surface area contributed by atoms with Crippen molar-refractivity contribution in [2.24, 2.45) is 0 Å². The van der Waals surface area contributed by atoms with Crippen LogP contribution in [0.5, 0.6) is 0 Å². The first kappa shape index (κ1) is 3.65. The molecule has 0 aliphatic carbocycles. The fourth-order valence-electron chi connectivity index (χ4n) is 0.456. The third-order valence-corrected chi connectivity index (χ3v) is 15.0. The van der Waals surface area contributed by atoms with Crippen molar-refractivity contribution < 1.29 is 0 Å². The molecule has 0 aromatic rings. The number of rotatable bonds is 0. The summed E-state index contributed by atoms with van der Waals surface area (Å²) in [6.07, 6.45) is 0. The average molecular weight is 212 g/mol. The SMILES string of the molecule is P1[CH]2P[CH]1[Sb]2. The maximum absolute atomic E-state index is 1.47. The van der Waals surface area contributed by atoms with E-state index in [9.17, 15) is 0 Å². The Balaban J connectivity index is 2.19. The minimum atomic E-state index is 0.575. The molecule has 0 amide bonds. The first-order chi connectivity index (χ1) is 2.45. The Hall–Kier alpha value is 1.68. The van der Waals surface area contributed by atoms with Crippen molar-refractivity contribution in [3.8, 4) is 0 Å². The molecule has 0 spiro atoms. The van der Waals surface area contributed by atoms with Crippen molar-refractivity contribution in [2.45, 2.75) is 6.69 Å². The van der Waals surface area contributed by atoms with Gasteiger partial charge in [-0.2, -0.15) is 0 Å². The third-order valence-electron chi connectivity index (χ3n) is 0.930. The first-order valence-electron chi connectivity index (χ1n) is 1.67. The van der Waals surface area contributed by atoms with E-state index in [0.29, 0.717) is 21.6 Å². The van der Waals surface area contributed by atoms with E-state index in [1.165, 1.54) is 23.9 Å². The molecule has 0 N–H and O–H groups in total. The van der Waals surface area contributed by atoms with Crippen LogP contribution >= 0.6 is 17.2 Å². The van der Waals surface area contributed by atoms with E-state index in [0.717, 1.165) is 0 Å². The van der Waals surface area contributed by atoms with Crippen LogP contribution in [0.1, 0.15) is 0 Å². The van der Waals surface area contributed by atoms with Gasteiger partial charge in [0.25, 0.3) is 0 Å². The van der Waals surface area contributed by atoms with Crippen LogP contribution in [0.2, 0.25) is 0 Å². The Labute approximate surface area is 45.6 Å². The van der Waals surface area contributed by atoms with Crippen molar-refractivity contribution in [2.75, 3.05) is 0 Å². The summed E-state index contributed by atoms with van der Waals surface area (Å²) >= 11 is 0.575. The van der Waals surface area contributed by atoms with Gasteiger partial charge in [0, 0.05) is 0 Å². The van der Waals surface area contributed by atoms with Crippen LogP contribution in [-0.4, -0.2) is 28.3 Å². The second-order valence-electron chi connectivity index (χ2n) is 1.29. The molecular weight excluding hydrogens is 208 g/mol. The molecule has 0 atom stereocenters. The van der Waals surface area contributed by atoms with Gasteiger partial charge >= 0.3 is 45.5 Å². The maximum atomic E-state index is 1.47. The Morgan fingerprint density at radius 1 is 1.20 bits per heavy atom. The topological polar surface area (TPSA) is 0 Å². The zero-order chi connectivity index (χ0) is 3.28. The van der Waals surface area contributed by atoms with Crippen molar-refractivity contribution in [3.63, 3.8) is 0 Å². The van der Waals surface area contributed by atoms with E-state index < -0.39 is 0 Å². The van der Waals surface area contributed by atoms with Gasteiger partial charge in [-0.1, -0.05) is 0 Å². The monoisotopic (exact) mass is 211 g/mol. The molecule has 3 saturated heterocycles. The van der Waals surface area contributed by atoms with Gasteiger partial charge in [-0.15, -0.1) is 0 Å². The van der Waals surface area contributed by atoms with E-state index in [1.807, 2.05) is 0 Å². The second-order valence-corrected chi connectivity index (χ2v) is 15.0. The summed E-state index contributed by atoms with van der Waals surface area (Å²) in [6.45, 7) is 0. The average Bonchev–Trinajstić information content (AvgIpc) is 0.592. The fraction of sp³-hybridized carbons (Fsp3) is 1.00. The van der Waals surface area contributed by atoms with Crippen LogP contribution < -0.4 is 0 Å². The van der Waals surface area contributed by atoms with E-state index >= 15 is 0 Å². The summed E-state index contributed by atoms with van der Waals surface area (Å²) in [7, 11) is 2.94. The molecule has 0 aromatic carbocycles. The molecule has 27 valence electrons. The minimum absolute atomic E-state index is 0.575. The molecule has 3 rings (SSSR count). The summed E-state index contributed by atoms with van der Waals surface area (Å²) < 4.78 is 2.83. The molecule has 3 fully saturated rings. The van der Waals surface area contributed by atoms with Crippen molar-refractivity contribution >= 4 is 38.8 Å². The van der Waals surface area contributed by atoms with Crippen LogP contribution in [0, 0.1) is 0 Å². The van der Waals surface area contributed by atoms with Crippen LogP contribution in [0.25, 0.3) is 0 Å². The Morgan fingerprint density at radius 3 is 1.40 bits per heavy atom. The quantitative estimate of drug-likeness (QED) is 0.408. The second kappa shape index (κ2) is 1.09. The molecule has 3 aliphatic rings. The molecule has 5 heavy (non-hydrogen) atoms. The first-order valence-corrected chi connectivity index (χ1v) is 6.93. The normalized spacial score (nSPS) is 67.2. The zero-order valence-corrected chi connectivity index (χ0v) is 7.15. The molecule has 0 aromatic heterocycles. The fourth-order valence-corrected chi connectivity index (χ4v) is 17.3. The predicted molar refractivity (Wildman–Crippen MR) is 30.0 cm³/mol. The van der Waals surface area contributed by atoms with Gasteiger partial charge in [0.2, 0.25) is 0 Å². The molecule has 0 nitrogen and oxygen atoms in total.